The van der Waals surface area contributed by atoms with Crippen molar-refractivity contribution in [1.82, 2.24) is 20.0 Å². The first-order chi connectivity index (χ1) is 12.1. The average Bonchev–Trinajstić information content (AvgIpc) is 3.29. The van der Waals surface area contributed by atoms with Crippen molar-refractivity contribution in [3.8, 4) is 0 Å². The van der Waals surface area contributed by atoms with E-state index in [1.54, 1.807) is 0 Å². The molecule has 1 aliphatic heterocycles. The first-order valence-corrected chi connectivity index (χ1v) is 9.21. The Balaban J connectivity index is 1.36. The molecule has 132 valence electrons. The molecule has 4 rings (SSSR count). The molecule has 1 aliphatic carbocycles. The van der Waals surface area contributed by atoms with Crippen LogP contribution in [0.5, 0.6) is 0 Å². The second kappa shape index (κ2) is 6.54. The minimum atomic E-state index is 0.0854. The molecule has 2 aromatic rings. The number of amides is 2. The van der Waals surface area contributed by atoms with E-state index < -0.39 is 0 Å². The minimum Gasteiger partial charge on any atom is -0.331 e. The van der Waals surface area contributed by atoms with Gasteiger partial charge in [0.05, 0.1) is 12.2 Å². The molecule has 1 N–H and O–H groups in total. The maximum absolute atomic E-state index is 12.8. The van der Waals surface area contributed by atoms with E-state index in [-0.39, 0.29) is 12.1 Å². The number of likely N-dealkylation sites (tertiary alicyclic amines) is 1. The van der Waals surface area contributed by atoms with Crippen LogP contribution in [-0.2, 0) is 19.9 Å². The fraction of sp³-hybridized carbons (Fsp3) is 0.500. The van der Waals surface area contributed by atoms with Gasteiger partial charge in [0.1, 0.15) is 0 Å². The molecular weight excluding hydrogens is 312 g/mol. The summed E-state index contributed by atoms with van der Waals surface area (Å²) in [5.41, 5.74) is 3.92. The summed E-state index contributed by atoms with van der Waals surface area (Å²) in [4.78, 5) is 14.7. The van der Waals surface area contributed by atoms with E-state index in [0.717, 1.165) is 32.4 Å². The van der Waals surface area contributed by atoms with Crippen molar-refractivity contribution >= 4 is 6.03 Å². The van der Waals surface area contributed by atoms with Crippen LogP contribution < -0.4 is 5.32 Å². The molecule has 2 heterocycles. The Kier molecular flexibility index (Phi) is 4.24. The van der Waals surface area contributed by atoms with Gasteiger partial charge in [-0.2, -0.15) is 5.10 Å². The van der Waals surface area contributed by atoms with Crippen molar-refractivity contribution in [3.05, 3.63) is 53.3 Å². The summed E-state index contributed by atoms with van der Waals surface area (Å²) in [6.45, 7) is 3.91. The zero-order valence-electron chi connectivity index (χ0n) is 15.0. The normalized spacial score (nSPS) is 25.2. The maximum Gasteiger partial charge on any atom is 0.317 e. The Morgan fingerprint density at radius 2 is 2.20 bits per heavy atom. The predicted molar refractivity (Wildman–Crippen MR) is 97.2 cm³/mol. The molecule has 0 radical (unpaired) electrons. The van der Waals surface area contributed by atoms with Gasteiger partial charge in [0.2, 0.25) is 0 Å². The van der Waals surface area contributed by atoms with E-state index in [0.29, 0.717) is 11.8 Å². The van der Waals surface area contributed by atoms with Gasteiger partial charge < -0.3 is 10.2 Å². The lowest BCUT2D eigenvalue weighted by Crippen LogP contribution is -2.41. The highest BCUT2D eigenvalue weighted by molar-refractivity contribution is 5.75. The van der Waals surface area contributed by atoms with Crippen LogP contribution >= 0.6 is 0 Å². The van der Waals surface area contributed by atoms with Gasteiger partial charge in [-0.15, -0.1) is 0 Å². The van der Waals surface area contributed by atoms with Crippen molar-refractivity contribution in [2.75, 3.05) is 13.1 Å². The number of nitrogens with zero attached hydrogens (tertiary/aromatic N) is 3. The standard InChI is InChI=1S/C20H26N4O/c1-14-9-17-5-3-4-6-18(17)19(14)22-20(25)24-8-7-15(13-24)10-16-11-21-23(2)12-16/h3-6,11-12,14-15,19H,7-10,13H2,1-2H3,(H,22,25). The van der Waals surface area contributed by atoms with E-state index in [1.165, 1.54) is 16.7 Å². The summed E-state index contributed by atoms with van der Waals surface area (Å²) in [6, 6.07) is 8.70. The Morgan fingerprint density at radius 1 is 1.36 bits per heavy atom. The molecule has 1 saturated heterocycles. The first-order valence-electron chi connectivity index (χ1n) is 9.21. The number of rotatable bonds is 3. The van der Waals surface area contributed by atoms with Gasteiger partial charge in [-0.05, 0) is 47.8 Å². The summed E-state index contributed by atoms with van der Waals surface area (Å²) < 4.78 is 1.84. The monoisotopic (exact) mass is 338 g/mol. The number of hydrogen-bond acceptors (Lipinski definition) is 2. The average molecular weight is 338 g/mol. The Bertz CT molecular complexity index is 769. The van der Waals surface area contributed by atoms with E-state index in [1.807, 2.05) is 22.8 Å². The van der Waals surface area contributed by atoms with Crippen LogP contribution in [0.25, 0.3) is 0 Å². The SMILES string of the molecule is CC1Cc2ccccc2C1NC(=O)N1CCC(Cc2cnn(C)c2)C1. The number of hydrogen-bond donors (Lipinski definition) is 1. The second-order valence-corrected chi connectivity index (χ2v) is 7.63. The number of aromatic nitrogens is 2. The molecule has 1 aromatic heterocycles. The highest BCUT2D eigenvalue weighted by Gasteiger charge is 2.33. The lowest BCUT2D eigenvalue weighted by atomic mass is 10.0. The van der Waals surface area contributed by atoms with E-state index in [2.05, 4.69) is 47.8 Å². The summed E-state index contributed by atoms with van der Waals surface area (Å²) in [6.07, 6.45) is 7.11. The van der Waals surface area contributed by atoms with Crippen molar-refractivity contribution < 1.29 is 4.79 Å². The summed E-state index contributed by atoms with van der Waals surface area (Å²) in [5, 5.41) is 7.52. The van der Waals surface area contributed by atoms with E-state index >= 15 is 0 Å². The Labute approximate surface area is 149 Å². The number of carbonyl (C=O) groups excluding carboxylic acids is 1. The molecule has 2 amide bonds. The van der Waals surface area contributed by atoms with Crippen LogP contribution in [-0.4, -0.2) is 33.8 Å². The van der Waals surface area contributed by atoms with E-state index in [4.69, 9.17) is 0 Å². The fourth-order valence-corrected chi connectivity index (χ4v) is 4.33. The smallest absolute Gasteiger partial charge is 0.317 e. The largest absolute Gasteiger partial charge is 0.331 e. The van der Waals surface area contributed by atoms with Gasteiger partial charge in [-0.3, -0.25) is 4.68 Å². The van der Waals surface area contributed by atoms with Crippen LogP contribution in [0.4, 0.5) is 4.79 Å². The molecule has 25 heavy (non-hydrogen) atoms. The molecule has 2 aliphatic rings. The quantitative estimate of drug-likeness (QED) is 0.935. The van der Waals surface area contributed by atoms with Crippen molar-refractivity contribution in [3.63, 3.8) is 0 Å². The molecule has 5 heteroatoms. The summed E-state index contributed by atoms with van der Waals surface area (Å²) in [5.74, 6) is 0.985. The fourth-order valence-electron chi connectivity index (χ4n) is 4.33. The zero-order chi connectivity index (χ0) is 17.4. The summed E-state index contributed by atoms with van der Waals surface area (Å²) in [7, 11) is 1.94. The molecule has 5 nitrogen and oxygen atoms in total. The number of benzene rings is 1. The third kappa shape index (κ3) is 3.28. The molecule has 0 spiro atoms. The second-order valence-electron chi connectivity index (χ2n) is 7.63. The highest BCUT2D eigenvalue weighted by atomic mass is 16.2. The van der Waals surface area contributed by atoms with Gasteiger partial charge in [0.15, 0.2) is 0 Å². The number of aryl methyl sites for hydroxylation is 1. The Morgan fingerprint density at radius 3 is 3.00 bits per heavy atom. The number of nitrogens with one attached hydrogen (secondary N) is 1. The van der Waals surface area contributed by atoms with Crippen LogP contribution in [0.3, 0.4) is 0 Å². The third-order valence-corrected chi connectivity index (χ3v) is 5.64. The molecule has 1 aromatic carbocycles. The first kappa shape index (κ1) is 16.2. The molecule has 3 unspecified atom stereocenters. The number of carbonyl (C=O) groups is 1. The maximum atomic E-state index is 12.8. The summed E-state index contributed by atoms with van der Waals surface area (Å²) >= 11 is 0. The van der Waals surface area contributed by atoms with Crippen molar-refractivity contribution in [2.24, 2.45) is 18.9 Å². The van der Waals surface area contributed by atoms with Crippen LogP contribution in [0.15, 0.2) is 36.7 Å². The van der Waals surface area contributed by atoms with Gasteiger partial charge in [-0.1, -0.05) is 31.2 Å². The van der Waals surface area contributed by atoms with Gasteiger partial charge >= 0.3 is 6.03 Å². The molecular formula is C20H26N4O. The number of urea groups is 1. The molecule has 1 fully saturated rings. The van der Waals surface area contributed by atoms with Gasteiger partial charge in [0, 0.05) is 26.3 Å². The minimum absolute atomic E-state index is 0.0854. The van der Waals surface area contributed by atoms with Crippen LogP contribution in [0, 0.1) is 11.8 Å². The third-order valence-electron chi connectivity index (χ3n) is 5.64. The number of fused-ring (bicyclic) bond motifs is 1. The lowest BCUT2D eigenvalue weighted by molar-refractivity contribution is 0.199. The molecule has 0 saturated carbocycles. The zero-order valence-corrected chi connectivity index (χ0v) is 15.0. The van der Waals surface area contributed by atoms with Gasteiger partial charge in [0.25, 0.3) is 0 Å². The highest BCUT2D eigenvalue weighted by Crippen LogP contribution is 2.35. The van der Waals surface area contributed by atoms with E-state index in [9.17, 15) is 4.79 Å². The van der Waals surface area contributed by atoms with Crippen LogP contribution in [0.2, 0.25) is 0 Å². The molecule has 3 atom stereocenters. The topological polar surface area (TPSA) is 50.2 Å². The predicted octanol–water partition coefficient (Wildman–Crippen LogP) is 2.93. The lowest BCUT2D eigenvalue weighted by Gasteiger charge is -2.24. The van der Waals surface area contributed by atoms with Crippen molar-refractivity contribution in [1.29, 1.82) is 0 Å². The Hall–Kier alpha value is -2.30. The van der Waals surface area contributed by atoms with Crippen LogP contribution in [0.1, 0.15) is 36.1 Å². The van der Waals surface area contributed by atoms with Crippen molar-refractivity contribution in [2.45, 2.75) is 32.2 Å². The van der Waals surface area contributed by atoms with Gasteiger partial charge in [-0.25, -0.2) is 4.79 Å². The molecule has 0 bridgehead atoms.